The van der Waals surface area contributed by atoms with Gasteiger partial charge in [-0.1, -0.05) is 11.3 Å². The lowest BCUT2D eigenvalue weighted by molar-refractivity contribution is 1.21. The minimum atomic E-state index is 0.565. The Labute approximate surface area is 81.8 Å². The molecule has 62 valence electrons. The van der Waals surface area contributed by atoms with Crippen LogP contribution in [0.25, 0.3) is 10.3 Å². The molecule has 5 heteroatoms. The quantitative estimate of drug-likeness (QED) is 0.773. The van der Waals surface area contributed by atoms with Crippen LogP contribution < -0.4 is 5.73 Å². The predicted molar refractivity (Wildman–Crippen MR) is 54.3 cm³/mol. The third-order valence-corrected chi connectivity index (χ3v) is 3.15. The molecule has 0 aliphatic heterocycles. The molecule has 0 bridgehead atoms. The van der Waals surface area contributed by atoms with E-state index in [0.717, 1.165) is 20.5 Å². The molecule has 0 saturated heterocycles. The fourth-order valence-corrected chi connectivity index (χ4v) is 2.13. The second-order valence-electron chi connectivity index (χ2n) is 2.43. The van der Waals surface area contributed by atoms with Crippen molar-refractivity contribution in [1.82, 2.24) is 9.97 Å². The summed E-state index contributed by atoms with van der Waals surface area (Å²) in [5, 5.41) is 0.565. The van der Waals surface area contributed by atoms with Crippen molar-refractivity contribution in [2.45, 2.75) is 6.92 Å². The van der Waals surface area contributed by atoms with Crippen LogP contribution >= 0.6 is 27.3 Å². The lowest BCUT2D eigenvalue weighted by Crippen LogP contribution is -1.84. The summed E-state index contributed by atoms with van der Waals surface area (Å²) in [7, 11) is 0. The van der Waals surface area contributed by atoms with Crippen LogP contribution in [0.4, 0.5) is 5.13 Å². The van der Waals surface area contributed by atoms with Gasteiger partial charge in [-0.15, -0.1) is 0 Å². The van der Waals surface area contributed by atoms with Gasteiger partial charge in [0.2, 0.25) is 0 Å². The summed E-state index contributed by atoms with van der Waals surface area (Å²) in [5.41, 5.74) is 7.22. The zero-order chi connectivity index (χ0) is 8.72. The lowest BCUT2D eigenvalue weighted by atomic mass is 10.4. The van der Waals surface area contributed by atoms with Crippen LogP contribution in [0.15, 0.2) is 10.5 Å². The molecule has 0 saturated carbocycles. The maximum Gasteiger partial charge on any atom is 0.182 e. The maximum atomic E-state index is 5.54. The number of aryl methyl sites for hydroxylation is 1. The highest BCUT2D eigenvalue weighted by atomic mass is 79.9. The maximum absolute atomic E-state index is 5.54. The van der Waals surface area contributed by atoms with E-state index in [4.69, 9.17) is 5.73 Å². The summed E-state index contributed by atoms with van der Waals surface area (Å²) in [4.78, 5) is 8.35. The Hall–Kier alpha value is -0.680. The Morgan fingerprint density at radius 1 is 1.50 bits per heavy atom. The Morgan fingerprint density at radius 3 is 3.00 bits per heavy atom. The first kappa shape index (κ1) is 7.94. The number of halogens is 1. The molecule has 0 atom stereocenters. The number of hydrogen-bond donors (Lipinski definition) is 1. The van der Waals surface area contributed by atoms with E-state index < -0.39 is 0 Å². The first-order valence-corrected chi connectivity index (χ1v) is 4.97. The number of thiazole rings is 1. The third kappa shape index (κ3) is 1.19. The number of rotatable bonds is 0. The van der Waals surface area contributed by atoms with Gasteiger partial charge >= 0.3 is 0 Å². The fraction of sp³-hybridized carbons (Fsp3) is 0.143. The van der Waals surface area contributed by atoms with E-state index >= 15 is 0 Å². The Balaban J connectivity index is 2.83. The van der Waals surface area contributed by atoms with Crippen LogP contribution in [0.5, 0.6) is 0 Å². The number of pyridine rings is 1. The SMILES string of the molecule is Cc1nc2nc(N)sc2cc1Br. The topological polar surface area (TPSA) is 51.8 Å². The zero-order valence-electron chi connectivity index (χ0n) is 6.34. The lowest BCUT2D eigenvalue weighted by Gasteiger charge is -1.94. The molecule has 12 heavy (non-hydrogen) atoms. The van der Waals surface area contributed by atoms with Crippen LogP contribution in [0, 0.1) is 6.92 Å². The van der Waals surface area contributed by atoms with Gasteiger partial charge in [0, 0.05) is 4.47 Å². The number of nitrogen functional groups attached to an aromatic ring is 1. The van der Waals surface area contributed by atoms with E-state index in [1.165, 1.54) is 11.3 Å². The van der Waals surface area contributed by atoms with E-state index in [2.05, 4.69) is 25.9 Å². The van der Waals surface area contributed by atoms with Gasteiger partial charge in [0.1, 0.15) is 0 Å². The fourth-order valence-electron chi connectivity index (χ4n) is 0.947. The van der Waals surface area contributed by atoms with Gasteiger partial charge in [0.05, 0.1) is 10.4 Å². The molecule has 2 aromatic heterocycles. The highest BCUT2D eigenvalue weighted by Crippen LogP contribution is 2.26. The molecule has 2 aromatic rings. The standard InChI is InChI=1S/C7H6BrN3S/c1-3-4(8)2-5-6(10-3)11-7(9)12-5/h2H,1H3,(H2,9,10,11). The molecular formula is C7H6BrN3S. The normalized spacial score (nSPS) is 10.8. The van der Waals surface area contributed by atoms with Crippen molar-refractivity contribution in [3.05, 3.63) is 16.2 Å². The van der Waals surface area contributed by atoms with Crippen molar-refractivity contribution < 1.29 is 0 Å². The summed E-state index contributed by atoms with van der Waals surface area (Å²) < 4.78 is 2.02. The van der Waals surface area contributed by atoms with Gasteiger partial charge < -0.3 is 5.73 Å². The molecule has 0 amide bonds. The highest BCUT2D eigenvalue weighted by molar-refractivity contribution is 9.10. The van der Waals surface area contributed by atoms with Crippen molar-refractivity contribution in [1.29, 1.82) is 0 Å². The summed E-state index contributed by atoms with van der Waals surface area (Å²) in [6.07, 6.45) is 0. The van der Waals surface area contributed by atoms with E-state index in [0.29, 0.717) is 5.13 Å². The van der Waals surface area contributed by atoms with Crippen molar-refractivity contribution in [3.8, 4) is 0 Å². The van der Waals surface area contributed by atoms with Gasteiger partial charge in [-0.2, -0.15) is 0 Å². The first-order chi connectivity index (χ1) is 5.66. The number of nitrogens with two attached hydrogens (primary N) is 1. The van der Waals surface area contributed by atoms with Crippen molar-refractivity contribution in [2.24, 2.45) is 0 Å². The minimum Gasteiger partial charge on any atom is -0.375 e. The number of hydrogen-bond acceptors (Lipinski definition) is 4. The Kier molecular flexibility index (Phi) is 1.77. The van der Waals surface area contributed by atoms with Crippen LogP contribution in [-0.4, -0.2) is 9.97 Å². The zero-order valence-corrected chi connectivity index (χ0v) is 8.74. The predicted octanol–water partition coefficient (Wildman–Crippen LogP) is 2.34. The Bertz CT molecular complexity index is 398. The van der Waals surface area contributed by atoms with Crippen molar-refractivity contribution in [3.63, 3.8) is 0 Å². The van der Waals surface area contributed by atoms with Gasteiger partial charge in [0.25, 0.3) is 0 Å². The summed E-state index contributed by atoms with van der Waals surface area (Å²) in [6, 6.07) is 1.99. The van der Waals surface area contributed by atoms with Crippen molar-refractivity contribution >= 4 is 42.7 Å². The molecule has 0 radical (unpaired) electrons. The molecule has 0 aliphatic rings. The van der Waals surface area contributed by atoms with Gasteiger partial charge in [0.15, 0.2) is 10.8 Å². The molecule has 0 unspecified atom stereocenters. The van der Waals surface area contributed by atoms with E-state index in [-0.39, 0.29) is 0 Å². The summed E-state index contributed by atoms with van der Waals surface area (Å²) in [5.74, 6) is 0. The second-order valence-corrected chi connectivity index (χ2v) is 4.35. The molecule has 0 fully saturated rings. The van der Waals surface area contributed by atoms with Gasteiger partial charge in [-0.3, -0.25) is 0 Å². The molecule has 0 aliphatic carbocycles. The molecule has 3 nitrogen and oxygen atoms in total. The van der Waals surface area contributed by atoms with Crippen LogP contribution in [0.2, 0.25) is 0 Å². The minimum absolute atomic E-state index is 0.565. The highest BCUT2D eigenvalue weighted by Gasteiger charge is 2.04. The number of anilines is 1. The molecule has 2 heterocycles. The van der Waals surface area contributed by atoms with E-state index in [9.17, 15) is 0 Å². The van der Waals surface area contributed by atoms with Crippen LogP contribution in [0.1, 0.15) is 5.69 Å². The Morgan fingerprint density at radius 2 is 2.25 bits per heavy atom. The second kappa shape index (κ2) is 2.67. The molecule has 0 aromatic carbocycles. The number of nitrogens with zero attached hydrogens (tertiary/aromatic N) is 2. The van der Waals surface area contributed by atoms with Crippen LogP contribution in [0.3, 0.4) is 0 Å². The number of fused-ring (bicyclic) bond motifs is 1. The van der Waals surface area contributed by atoms with Crippen LogP contribution in [-0.2, 0) is 0 Å². The largest absolute Gasteiger partial charge is 0.375 e. The first-order valence-electron chi connectivity index (χ1n) is 3.36. The average Bonchev–Trinajstić information content (AvgIpc) is 2.30. The van der Waals surface area contributed by atoms with E-state index in [1.807, 2.05) is 13.0 Å². The molecule has 2 rings (SSSR count). The molecular weight excluding hydrogens is 238 g/mol. The monoisotopic (exact) mass is 243 g/mol. The summed E-state index contributed by atoms with van der Waals surface area (Å²) in [6.45, 7) is 1.93. The van der Waals surface area contributed by atoms with E-state index in [1.54, 1.807) is 0 Å². The number of aromatic nitrogens is 2. The average molecular weight is 244 g/mol. The molecule has 2 N–H and O–H groups in total. The smallest absolute Gasteiger partial charge is 0.182 e. The van der Waals surface area contributed by atoms with Gasteiger partial charge in [-0.05, 0) is 28.9 Å². The summed E-state index contributed by atoms with van der Waals surface area (Å²) >= 11 is 4.85. The van der Waals surface area contributed by atoms with Crippen molar-refractivity contribution in [2.75, 3.05) is 5.73 Å². The third-order valence-electron chi connectivity index (χ3n) is 1.53. The molecule has 0 spiro atoms. The van der Waals surface area contributed by atoms with Gasteiger partial charge in [-0.25, -0.2) is 9.97 Å².